The molecule has 9 heteroatoms. The summed E-state index contributed by atoms with van der Waals surface area (Å²) in [5, 5.41) is 3.61. The summed E-state index contributed by atoms with van der Waals surface area (Å²) in [7, 11) is -1.64. The van der Waals surface area contributed by atoms with Crippen LogP contribution in [0.4, 0.5) is 5.69 Å². The monoisotopic (exact) mass is 491 g/mol. The third-order valence-electron chi connectivity index (χ3n) is 5.30. The molecule has 0 spiro atoms. The molecule has 4 rings (SSSR count). The van der Waals surface area contributed by atoms with Crippen LogP contribution >= 0.6 is 15.9 Å². The summed E-state index contributed by atoms with van der Waals surface area (Å²) in [4.78, 5) is 15.1. The number of rotatable bonds is 4. The Bertz CT molecular complexity index is 1210. The maximum atomic E-state index is 13.0. The van der Waals surface area contributed by atoms with Crippen LogP contribution in [0.1, 0.15) is 16.1 Å². The Morgan fingerprint density at radius 1 is 1.10 bits per heavy atom. The normalized spacial score (nSPS) is 16.1. The predicted octanol–water partition coefficient (Wildman–Crippen LogP) is 3.69. The molecule has 1 aliphatic rings. The van der Waals surface area contributed by atoms with E-state index in [1.54, 1.807) is 24.3 Å². The van der Waals surface area contributed by atoms with Gasteiger partial charge in [-0.2, -0.15) is 4.31 Å². The van der Waals surface area contributed by atoms with Gasteiger partial charge < -0.3 is 14.6 Å². The Labute approximate surface area is 183 Å². The SMILES string of the molecule is Cc1c(C(=O)Nc2cccc(S(=O)(=O)N3CCN(C)CC3)c2)oc2ccc(Br)cc12. The van der Waals surface area contributed by atoms with Crippen molar-refractivity contribution >= 4 is 48.5 Å². The van der Waals surface area contributed by atoms with E-state index in [2.05, 4.69) is 26.1 Å². The number of aryl methyl sites for hydroxylation is 1. The number of nitrogens with zero attached hydrogens (tertiary/aromatic N) is 2. The standard InChI is InChI=1S/C21H22BrN3O4S/c1-14-18-12-15(22)6-7-19(18)29-20(14)21(26)23-16-4-3-5-17(13-16)30(27,28)25-10-8-24(2)9-11-25/h3-7,12-13H,8-11H2,1-2H3,(H,23,26). The second kappa shape index (κ2) is 8.14. The molecule has 2 aromatic carbocycles. The Hall–Kier alpha value is -2.20. The van der Waals surface area contributed by atoms with E-state index in [0.717, 1.165) is 15.4 Å². The van der Waals surface area contributed by atoms with E-state index < -0.39 is 15.9 Å². The smallest absolute Gasteiger partial charge is 0.291 e. The van der Waals surface area contributed by atoms with Crippen molar-refractivity contribution < 1.29 is 17.6 Å². The van der Waals surface area contributed by atoms with Gasteiger partial charge in [0.2, 0.25) is 10.0 Å². The molecule has 1 N–H and O–H groups in total. The average molecular weight is 492 g/mol. The number of hydrogen-bond acceptors (Lipinski definition) is 5. The number of furan rings is 1. The number of carbonyl (C=O) groups excluding carboxylic acids is 1. The molecule has 158 valence electrons. The predicted molar refractivity (Wildman–Crippen MR) is 119 cm³/mol. The second-order valence-electron chi connectivity index (χ2n) is 7.39. The molecule has 0 aliphatic carbocycles. The minimum Gasteiger partial charge on any atom is -0.451 e. The number of nitrogens with one attached hydrogen (secondary N) is 1. The summed E-state index contributed by atoms with van der Waals surface area (Å²) in [5.74, 6) is -0.218. The fourth-order valence-electron chi connectivity index (χ4n) is 3.51. The van der Waals surface area contributed by atoms with E-state index >= 15 is 0 Å². The van der Waals surface area contributed by atoms with Gasteiger partial charge >= 0.3 is 0 Å². The lowest BCUT2D eigenvalue weighted by Gasteiger charge is -2.31. The van der Waals surface area contributed by atoms with Crippen LogP contribution in [0.3, 0.4) is 0 Å². The highest BCUT2D eigenvalue weighted by molar-refractivity contribution is 9.10. The van der Waals surface area contributed by atoms with Gasteiger partial charge in [-0.3, -0.25) is 4.79 Å². The first-order valence-electron chi connectivity index (χ1n) is 9.54. The maximum Gasteiger partial charge on any atom is 0.291 e. The number of benzene rings is 2. The van der Waals surface area contributed by atoms with Crippen LogP contribution in [0.25, 0.3) is 11.0 Å². The van der Waals surface area contributed by atoms with Crippen LogP contribution < -0.4 is 5.32 Å². The van der Waals surface area contributed by atoms with E-state index in [-0.39, 0.29) is 10.7 Å². The molecule has 1 aliphatic heterocycles. The molecular weight excluding hydrogens is 470 g/mol. The summed E-state index contributed by atoms with van der Waals surface area (Å²) in [5.41, 5.74) is 1.74. The van der Waals surface area contributed by atoms with Gasteiger partial charge in [-0.25, -0.2) is 8.42 Å². The number of sulfonamides is 1. The van der Waals surface area contributed by atoms with Crippen molar-refractivity contribution in [2.45, 2.75) is 11.8 Å². The van der Waals surface area contributed by atoms with Gasteiger partial charge in [-0.05, 0) is 50.4 Å². The number of piperazine rings is 1. The number of likely N-dealkylation sites (N-methyl/N-ethyl adjacent to an activating group) is 1. The molecule has 0 atom stereocenters. The van der Waals surface area contributed by atoms with Crippen molar-refractivity contribution in [2.24, 2.45) is 0 Å². The van der Waals surface area contributed by atoms with Gasteiger partial charge in [0.15, 0.2) is 5.76 Å². The molecule has 1 fully saturated rings. The zero-order valence-corrected chi connectivity index (χ0v) is 19.1. The van der Waals surface area contributed by atoms with Crippen molar-refractivity contribution in [3.63, 3.8) is 0 Å². The van der Waals surface area contributed by atoms with Crippen molar-refractivity contribution in [1.82, 2.24) is 9.21 Å². The van der Waals surface area contributed by atoms with Gasteiger partial charge in [0.25, 0.3) is 5.91 Å². The van der Waals surface area contributed by atoms with Crippen LogP contribution in [-0.4, -0.2) is 56.8 Å². The summed E-state index contributed by atoms with van der Waals surface area (Å²) < 4.78 is 34.1. The Morgan fingerprint density at radius 3 is 2.57 bits per heavy atom. The van der Waals surface area contributed by atoms with Crippen LogP contribution in [-0.2, 0) is 10.0 Å². The molecule has 2 heterocycles. The number of carbonyl (C=O) groups is 1. The molecular formula is C21H22BrN3O4S. The molecule has 0 bridgehead atoms. The average Bonchev–Trinajstić information content (AvgIpc) is 3.05. The Morgan fingerprint density at radius 2 is 1.83 bits per heavy atom. The molecule has 1 amide bonds. The molecule has 30 heavy (non-hydrogen) atoms. The number of amides is 1. The number of fused-ring (bicyclic) bond motifs is 1. The van der Waals surface area contributed by atoms with Crippen LogP contribution in [0, 0.1) is 6.92 Å². The summed E-state index contributed by atoms with van der Waals surface area (Å²) in [6.07, 6.45) is 0. The molecule has 3 aromatic rings. The van der Waals surface area contributed by atoms with Gasteiger partial charge in [-0.1, -0.05) is 22.0 Å². The van der Waals surface area contributed by atoms with Crippen LogP contribution in [0.5, 0.6) is 0 Å². The van der Waals surface area contributed by atoms with Crippen molar-refractivity contribution in [1.29, 1.82) is 0 Å². The van der Waals surface area contributed by atoms with Crippen molar-refractivity contribution in [3.05, 3.63) is 58.3 Å². The highest BCUT2D eigenvalue weighted by Gasteiger charge is 2.28. The van der Waals surface area contributed by atoms with E-state index in [4.69, 9.17) is 4.42 Å². The van der Waals surface area contributed by atoms with E-state index in [1.807, 2.05) is 26.1 Å². The highest BCUT2D eigenvalue weighted by Crippen LogP contribution is 2.29. The first kappa shape index (κ1) is 21.0. The molecule has 7 nitrogen and oxygen atoms in total. The van der Waals surface area contributed by atoms with Crippen molar-refractivity contribution in [3.8, 4) is 0 Å². The number of hydrogen-bond donors (Lipinski definition) is 1. The lowest BCUT2D eigenvalue weighted by molar-refractivity contribution is 0.0998. The molecule has 0 saturated carbocycles. The minimum atomic E-state index is -3.62. The fraction of sp³-hybridized carbons (Fsp3) is 0.286. The zero-order chi connectivity index (χ0) is 21.5. The van der Waals surface area contributed by atoms with E-state index in [9.17, 15) is 13.2 Å². The zero-order valence-electron chi connectivity index (χ0n) is 16.7. The largest absolute Gasteiger partial charge is 0.451 e. The quantitative estimate of drug-likeness (QED) is 0.601. The third kappa shape index (κ3) is 4.02. The van der Waals surface area contributed by atoms with Crippen LogP contribution in [0.15, 0.2) is 56.2 Å². The molecule has 0 radical (unpaired) electrons. The minimum absolute atomic E-state index is 0.162. The Kier molecular flexibility index (Phi) is 5.71. The third-order valence-corrected chi connectivity index (χ3v) is 7.68. The summed E-state index contributed by atoms with van der Waals surface area (Å²) in [6.45, 7) is 4.10. The second-order valence-corrected chi connectivity index (χ2v) is 10.2. The van der Waals surface area contributed by atoms with Crippen molar-refractivity contribution in [2.75, 3.05) is 38.5 Å². The number of anilines is 1. The molecule has 1 saturated heterocycles. The first-order chi connectivity index (χ1) is 14.3. The summed E-state index contributed by atoms with van der Waals surface area (Å²) in [6, 6.07) is 11.9. The van der Waals surface area contributed by atoms with E-state index in [0.29, 0.717) is 37.4 Å². The lowest BCUT2D eigenvalue weighted by atomic mass is 10.1. The Balaban J connectivity index is 1.58. The first-order valence-corrected chi connectivity index (χ1v) is 11.8. The van der Waals surface area contributed by atoms with Gasteiger partial charge in [0.05, 0.1) is 4.90 Å². The topological polar surface area (TPSA) is 82.9 Å². The fourth-order valence-corrected chi connectivity index (χ4v) is 5.34. The van der Waals surface area contributed by atoms with Crippen LogP contribution in [0.2, 0.25) is 0 Å². The summed E-state index contributed by atoms with van der Waals surface area (Å²) >= 11 is 3.42. The molecule has 0 unspecified atom stereocenters. The van der Waals surface area contributed by atoms with Gasteiger partial charge in [-0.15, -0.1) is 0 Å². The lowest BCUT2D eigenvalue weighted by Crippen LogP contribution is -2.47. The molecule has 1 aromatic heterocycles. The van der Waals surface area contributed by atoms with Gasteiger partial charge in [0.1, 0.15) is 5.58 Å². The maximum absolute atomic E-state index is 13.0. The number of halogens is 1. The van der Waals surface area contributed by atoms with Gasteiger partial charge in [0, 0.05) is 47.3 Å². The highest BCUT2D eigenvalue weighted by atomic mass is 79.9. The van der Waals surface area contributed by atoms with E-state index in [1.165, 1.54) is 10.4 Å².